The fraction of sp³-hybridized carbons (Fsp3) is 0.312. The molecule has 1 aliphatic rings. The molecule has 4 rings (SSSR count). The highest BCUT2D eigenvalue weighted by atomic mass is 16.5. The van der Waals surface area contributed by atoms with Crippen molar-refractivity contribution in [2.75, 3.05) is 24.7 Å². The van der Waals surface area contributed by atoms with E-state index in [0.29, 0.717) is 53.9 Å². The maximum Gasteiger partial charge on any atom is 0.300 e. The molecule has 1 atom stereocenters. The zero-order valence-corrected chi connectivity index (χ0v) is 22.7. The normalized spacial score (nSPS) is 16.4. The van der Waals surface area contributed by atoms with Gasteiger partial charge in [0, 0.05) is 17.3 Å². The van der Waals surface area contributed by atoms with Crippen molar-refractivity contribution in [3.05, 3.63) is 89.5 Å². The summed E-state index contributed by atoms with van der Waals surface area (Å²) in [4.78, 5) is 28.3. The largest absolute Gasteiger partial charge is 0.507 e. The van der Waals surface area contributed by atoms with E-state index in [1.165, 1.54) is 4.90 Å². The summed E-state index contributed by atoms with van der Waals surface area (Å²) in [7, 11) is 0. The van der Waals surface area contributed by atoms with Crippen molar-refractivity contribution in [2.45, 2.75) is 46.1 Å². The smallest absolute Gasteiger partial charge is 0.300 e. The minimum absolute atomic E-state index is 0.0163. The average molecular weight is 530 g/mol. The number of benzene rings is 3. The Labute approximate surface area is 229 Å². The third-order valence-electron chi connectivity index (χ3n) is 6.50. The van der Waals surface area contributed by atoms with Gasteiger partial charge >= 0.3 is 0 Å². The first-order valence-electron chi connectivity index (χ1n) is 13.5. The van der Waals surface area contributed by atoms with Crippen molar-refractivity contribution >= 4 is 23.1 Å². The quantitative estimate of drug-likeness (QED) is 0.122. The molecular formula is C32H35NO6. The van der Waals surface area contributed by atoms with Crippen molar-refractivity contribution in [3.63, 3.8) is 0 Å². The highest BCUT2D eigenvalue weighted by molar-refractivity contribution is 6.51. The molecule has 0 radical (unpaired) electrons. The Bertz CT molecular complexity index is 1310. The Hall–Kier alpha value is -4.26. The number of aliphatic hydroxyl groups is 1. The van der Waals surface area contributed by atoms with E-state index < -0.39 is 17.7 Å². The predicted molar refractivity (Wildman–Crippen MR) is 151 cm³/mol. The van der Waals surface area contributed by atoms with Crippen LogP contribution >= 0.6 is 0 Å². The van der Waals surface area contributed by atoms with Crippen molar-refractivity contribution in [2.24, 2.45) is 0 Å². The van der Waals surface area contributed by atoms with Gasteiger partial charge in [0.05, 0.1) is 31.4 Å². The van der Waals surface area contributed by atoms with Crippen LogP contribution in [0.4, 0.5) is 5.69 Å². The molecule has 0 spiro atoms. The van der Waals surface area contributed by atoms with E-state index in [2.05, 4.69) is 6.92 Å². The maximum atomic E-state index is 13.4. The number of unbranched alkanes of at least 4 members (excludes halogenated alkanes) is 2. The van der Waals surface area contributed by atoms with E-state index in [9.17, 15) is 14.7 Å². The van der Waals surface area contributed by atoms with Gasteiger partial charge in [-0.25, -0.2) is 0 Å². The first-order chi connectivity index (χ1) is 19.0. The molecule has 3 aromatic rings. The highest BCUT2D eigenvalue weighted by Gasteiger charge is 2.47. The highest BCUT2D eigenvalue weighted by Crippen LogP contribution is 2.43. The summed E-state index contributed by atoms with van der Waals surface area (Å²) >= 11 is 0. The van der Waals surface area contributed by atoms with Crippen molar-refractivity contribution in [1.82, 2.24) is 0 Å². The number of carbonyl (C=O) groups excluding carboxylic acids is 2. The molecule has 7 heteroatoms. The molecule has 7 nitrogen and oxygen atoms in total. The van der Waals surface area contributed by atoms with Crippen LogP contribution in [0.25, 0.3) is 5.76 Å². The van der Waals surface area contributed by atoms with Crippen LogP contribution in [-0.2, 0) is 9.59 Å². The van der Waals surface area contributed by atoms with Gasteiger partial charge in [-0.3, -0.25) is 14.5 Å². The lowest BCUT2D eigenvalue weighted by molar-refractivity contribution is -0.132. The molecule has 0 aliphatic carbocycles. The third kappa shape index (κ3) is 6.25. The Morgan fingerprint density at radius 3 is 2.10 bits per heavy atom. The van der Waals surface area contributed by atoms with E-state index in [0.717, 1.165) is 19.3 Å². The zero-order chi connectivity index (χ0) is 27.8. The van der Waals surface area contributed by atoms with Crippen molar-refractivity contribution < 1.29 is 28.9 Å². The van der Waals surface area contributed by atoms with Crippen LogP contribution < -0.4 is 19.1 Å². The molecule has 1 saturated heterocycles. The fourth-order valence-electron chi connectivity index (χ4n) is 4.62. The summed E-state index contributed by atoms with van der Waals surface area (Å²) in [5.74, 6) is 0.211. The lowest BCUT2D eigenvalue weighted by Crippen LogP contribution is -2.29. The van der Waals surface area contributed by atoms with Gasteiger partial charge in [-0.05, 0) is 74.4 Å². The number of anilines is 1. The number of aliphatic hydroxyl groups excluding tert-OH is 1. The van der Waals surface area contributed by atoms with E-state index in [1.54, 1.807) is 72.8 Å². The molecule has 1 amide bonds. The zero-order valence-electron chi connectivity index (χ0n) is 22.7. The second-order valence-electron chi connectivity index (χ2n) is 9.18. The molecule has 1 aliphatic heterocycles. The molecule has 204 valence electrons. The Kier molecular flexibility index (Phi) is 9.26. The molecule has 39 heavy (non-hydrogen) atoms. The summed E-state index contributed by atoms with van der Waals surface area (Å²) in [5.41, 5.74) is 1.60. The van der Waals surface area contributed by atoms with Crippen LogP contribution in [0.15, 0.2) is 78.4 Å². The monoisotopic (exact) mass is 529 g/mol. The van der Waals surface area contributed by atoms with Gasteiger partial charge in [-0.15, -0.1) is 0 Å². The molecule has 3 aromatic carbocycles. The maximum absolute atomic E-state index is 13.4. The number of Topliss-reactive ketones (excluding diaryl/α,β-unsaturated/α-hetero) is 1. The van der Waals surface area contributed by atoms with Gasteiger partial charge in [0.15, 0.2) is 0 Å². The number of hydrogen-bond donors (Lipinski definition) is 1. The summed E-state index contributed by atoms with van der Waals surface area (Å²) in [5, 5.41) is 11.4. The van der Waals surface area contributed by atoms with Crippen LogP contribution in [0.5, 0.6) is 17.2 Å². The van der Waals surface area contributed by atoms with E-state index in [1.807, 2.05) is 13.8 Å². The number of ketones is 1. The number of nitrogens with zero attached hydrogens (tertiary/aromatic N) is 1. The Morgan fingerprint density at radius 2 is 1.44 bits per heavy atom. The van der Waals surface area contributed by atoms with Gasteiger partial charge in [-0.2, -0.15) is 0 Å². The summed E-state index contributed by atoms with van der Waals surface area (Å²) in [6, 6.07) is 20.3. The molecule has 1 unspecified atom stereocenters. The van der Waals surface area contributed by atoms with Gasteiger partial charge in [-0.1, -0.05) is 38.0 Å². The topological polar surface area (TPSA) is 85.3 Å². The minimum atomic E-state index is -0.845. The van der Waals surface area contributed by atoms with E-state index >= 15 is 0 Å². The lowest BCUT2D eigenvalue weighted by Gasteiger charge is -2.26. The molecule has 0 aromatic heterocycles. The van der Waals surface area contributed by atoms with Crippen LogP contribution in [0, 0.1) is 0 Å². The first-order valence-corrected chi connectivity index (χ1v) is 13.5. The molecule has 1 heterocycles. The number of carbonyl (C=O) groups is 2. The Morgan fingerprint density at radius 1 is 0.795 bits per heavy atom. The molecule has 0 saturated carbocycles. The second kappa shape index (κ2) is 13.0. The fourth-order valence-corrected chi connectivity index (χ4v) is 4.62. The molecule has 1 fully saturated rings. The third-order valence-corrected chi connectivity index (χ3v) is 6.50. The summed E-state index contributed by atoms with van der Waals surface area (Å²) in [6.07, 6.45) is 3.17. The average Bonchev–Trinajstić information content (AvgIpc) is 3.22. The number of hydrogen-bond acceptors (Lipinski definition) is 6. The van der Waals surface area contributed by atoms with Gasteiger partial charge in [0.2, 0.25) is 0 Å². The Balaban J connectivity index is 1.76. The summed E-state index contributed by atoms with van der Waals surface area (Å²) < 4.78 is 17.0. The van der Waals surface area contributed by atoms with Crippen LogP contribution in [0.2, 0.25) is 0 Å². The number of rotatable bonds is 12. The molecular weight excluding hydrogens is 494 g/mol. The predicted octanol–water partition coefficient (Wildman–Crippen LogP) is 6.68. The first kappa shape index (κ1) is 27.8. The van der Waals surface area contributed by atoms with E-state index in [4.69, 9.17) is 14.2 Å². The van der Waals surface area contributed by atoms with Crippen molar-refractivity contribution in [3.8, 4) is 17.2 Å². The number of ether oxygens (including phenoxy) is 3. The lowest BCUT2D eigenvalue weighted by atomic mass is 9.95. The second-order valence-corrected chi connectivity index (χ2v) is 9.18. The van der Waals surface area contributed by atoms with Crippen LogP contribution in [-0.4, -0.2) is 36.6 Å². The number of amides is 1. The van der Waals surface area contributed by atoms with Crippen LogP contribution in [0.3, 0.4) is 0 Å². The SMILES string of the molecule is CCCCCOc1ccc(/C(O)=C2\C(=O)C(=O)N(c3cccc(OCC)c3)C2c2ccc(OCC)cc2)cc1. The van der Waals surface area contributed by atoms with Gasteiger partial charge < -0.3 is 19.3 Å². The van der Waals surface area contributed by atoms with E-state index in [-0.39, 0.29) is 11.3 Å². The molecule has 0 bridgehead atoms. The van der Waals surface area contributed by atoms with Gasteiger partial charge in [0.25, 0.3) is 11.7 Å². The van der Waals surface area contributed by atoms with Gasteiger partial charge in [0.1, 0.15) is 23.0 Å². The van der Waals surface area contributed by atoms with Crippen molar-refractivity contribution in [1.29, 1.82) is 0 Å². The van der Waals surface area contributed by atoms with Crippen LogP contribution in [0.1, 0.15) is 57.2 Å². The standard InChI is InChI=1S/C32H35NO6/c1-4-7-8-20-39-26-18-14-23(15-19-26)30(34)28-29(22-12-16-25(17-13-22)37-5-2)33(32(36)31(28)35)24-10-9-11-27(21-24)38-6-3/h9-19,21,29,34H,4-8,20H2,1-3H3/b30-28+. The summed E-state index contributed by atoms with van der Waals surface area (Å²) in [6.45, 7) is 7.50. The molecule has 1 N–H and O–H groups in total. The minimum Gasteiger partial charge on any atom is -0.507 e.